The highest BCUT2D eigenvalue weighted by molar-refractivity contribution is 7.85. The molecule has 1 amide bonds. The zero-order chi connectivity index (χ0) is 19.2. The van der Waals surface area contributed by atoms with E-state index in [-0.39, 0.29) is 22.2 Å². The van der Waals surface area contributed by atoms with Gasteiger partial charge in [-0.3, -0.25) is 9.35 Å². The zero-order valence-corrected chi connectivity index (χ0v) is 15.4. The molecular formula is C18H21NO6S. The molecule has 0 radical (unpaired) electrons. The average molecular weight is 379 g/mol. The summed E-state index contributed by atoms with van der Waals surface area (Å²) < 4.78 is 42.1. The minimum absolute atomic E-state index is 0.119. The summed E-state index contributed by atoms with van der Waals surface area (Å²) in [5.74, 6) is 0.418. The van der Waals surface area contributed by atoms with Crippen molar-refractivity contribution in [2.75, 3.05) is 19.0 Å². The molecule has 140 valence electrons. The summed E-state index contributed by atoms with van der Waals surface area (Å²) in [6, 6.07) is 10.4. The van der Waals surface area contributed by atoms with E-state index in [1.54, 1.807) is 24.3 Å². The Kier molecular flexibility index (Phi) is 6.59. The number of unbranched alkanes of at least 4 members (excludes halogenated alkanes) is 1. The Balaban J connectivity index is 2.12. The molecule has 2 aromatic carbocycles. The predicted molar refractivity (Wildman–Crippen MR) is 97.6 cm³/mol. The van der Waals surface area contributed by atoms with E-state index in [1.165, 1.54) is 19.2 Å². The Hall–Kier alpha value is -2.58. The van der Waals surface area contributed by atoms with E-state index in [4.69, 9.17) is 14.0 Å². The number of carbonyl (C=O) groups excluding carboxylic acids is 1. The van der Waals surface area contributed by atoms with Gasteiger partial charge < -0.3 is 14.8 Å². The van der Waals surface area contributed by atoms with Gasteiger partial charge in [-0.2, -0.15) is 8.42 Å². The van der Waals surface area contributed by atoms with Gasteiger partial charge in [0.15, 0.2) is 0 Å². The number of anilines is 1. The number of amides is 1. The molecule has 0 saturated carbocycles. The van der Waals surface area contributed by atoms with Crippen LogP contribution in [0.3, 0.4) is 0 Å². The number of methoxy groups -OCH3 is 1. The summed E-state index contributed by atoms with van der Waals surface area (Å²) in [6.07, 6.45) is 2.00. The maximum absolute atomic E-state index is 12.4. The minimum Gasteiger partial charge on any atom is -0.495 e. The summed E-state index contributed by atoms with van der Waals surface area (Å²) in [6.45, 7) is 2.70. The van der Waals surface area contributed by atoms with Crippen molar-refractivity contribution in [3.8, 4) is 11.5 Å². The van der Waals surface area contributed by atoms with Crippen LogP contribution in [0, 0.1) is 0 Å². The molecule has 0 aliphatic rings. The van der Waals surface area contributed by atoms with Gasteiger partial charge in [0.05, 0.1) is 24.3 Å². The molecule has 0 fully saturated rings. The van der Waals surface area contributed by atoms with Crippen molar-refractivity contribution in [2.45, 2.75) is 24.7 Å². The molecule has 0 aliphatic carbocycles. The van der Waals surface area contributed by atoms with E-state index in [2.05, 4.69) is 12.2 Å². The monoisotopic (exact) mass is 379 g/mol. The first-order chi connectivity index (χ1) is 12.3. The maximum atomic E-state index is 12.4. The summed E-state index contributed by atoms with van der Waals surface area (Å²) in [5.41, 5.74) is 0.696. The van der Waals surface area contributed by atoms with Crippen molar-refractivity contribution in [3.63, 3.8) is 0 Å². The lowest BCUT2D eigenvalue weighted by Gasteiger charge is -2.11. The van der Waals surface area contributed by atoms with Crippen LogP contribution in [0.2, 0.25) is 0 Å². The third-order valence-electron chi connectivity index (χ3n) is 3.60. The van der Waals surface area contributed by atoms with Gasteiger partial charge in [-0.1, -0.05) is 13.3 Å². The van der Waals surface area contributed by atoms with Crippen LogP contribution in [0.1, 0.15) is 30.1 Å². The van der Waals surface area contributed by atoms with Gasteiger partial charge >= 0.3 is 0 Å². The lowest BCUT2D eigenvalue weighted by atomic mass is 10.2. The smallest absolute Gasteiger partial charge is 0.294 e. The summed E-state index contributed by atoms with van der Waals surface area (Å²) in [7, 11) is -3.02. The van der Waals surface area contributed by atoms with Crippen LogP contribution in [0.4, 0.5) is 5.69 Å². The Morgan fingerprint density at radius 1 is 1.15 bits per heavy atom. The van der Waals surface area contributed by atoms with Crippen molar-refractivity contribution in [1.82, 2.24) is 0 Å². The van der Waals surface area contributed by atoms with Gasteiger partial charge in [-0.05, 0) is 42.8 Å². The van der Waals surface area contributed by atoms with E-state index in [9.17, 15) is 13.2 Å². The number of rotatable bonds is 8. The maximum Gasteiger partial charge on any atom is 0.294 e. The first kappa shape index (κ1) is 19.7. The largest absolute Gasteiger partial charge is 0.495 e. The van der Waals surface area contributed by atoms with Gasteiger partial charge in [-0.25, -0.2) is 0 Å². The van der Waals surface area contributed by atoms with E-state index < -0.39 is 10.1 Å². The van der Waals surface area contributed by atoms with E-state index in [0.717, 1.165) is 18.9 Å². The number of hydrogen-bond acceptors (Lipinski definition) is 5. The molecule has 7 nitrogen and oxygen atoms in total. The van der Waals surface area contributed by atoms with Crippen LogP contribution < -0.4 is 14.8 Å². The molecule has 0 unspecified atom stereocenters. The minimum atomic E-state index is -4.35. The third kappa shape index (κ3) is 5.21. The van der Waals surface area contributed by atoms with Gasteiger partial charge in [0.25, 0.3) is 16.0 Å². The van der Waals surface area contributed by atoms with Crippen molar-refractivity contribution in [1.29, 1.82) is 0 Å². The molecule has 0 bridgehead atoms. The fourth-order valence-corrected chi connectivity index (χ4v) is 2.66. The zero-order valence-electron chi connectivity index (χ0n) is 14.6. The highest BCUT2D eigenvalue weighted by atomic mass is 32.2. The van der Waals surface area contributed by atoms with Crippen molar-refractivity contribution >= 4 is 21.7 Å². The summed E-state index contributed by atoms with van der Waals surface area (Å²) in [5, 5.41) is 2.65. The number of carbonyl (C=O) groups is 1. The highest BCUT2D eigenvalue weighted by Gasteiger charge is 2.15. The number of benzene rings is 2. The van der Waals surface area contributed by atoms with Gasteiger partial charge in [0.1, 0.15) is 11.5 Å². The SMILES string of the molecule is CCCCOc1ccc(C(=O)Nc2ccc(S(=O)(=O)O)cc2OC)cc1. The van der Waals surface area contributed by atoms with Crippen LogP contribution >= 0.6 is 0 Å². The van der Waals surface area contributed by atoms with E-state index in [1.807, 2.05) is 0 Å². The second kappa shape index (κ2) is 8.68. The molecule has 0 aromatic heterocycles. The van der Waals surface area contributed by atoms with Gasteiger partial charge in [0.2, 0.25) is 0 Å². The topological polar surface area (TPSA) is 102 Å². The lowest BCUT2D eigenvalue weighted by Crippen LogP contribution is -2.13. The van der Waals surface area contributed by atoms with Crippen LogP contribution in [-0.4, -0.2) is 32.6 Å². The van der Waals surface area contributed by atoms with Gasteiger partial charge in [-0.15, -0.1) is 0 Å². The summed E-state index contributed by atoms with van der Waals surface area (Å²) in [4.78, 5) is 12.0. The quantitative estimate of drug-likeness (QED) is 0.538. The normalized spacial score (nSPS) is 11.0. The van der Waals surface area contributed by atoms with Crippen LogP contribution in [0.15, 0.2) is 47.4 Å². The molecule has 0 heterocycles. The molecule has 2 rings (SSSR count). The lowest BCUT2D eigenvalue weighted by molar-refractivity contribution is 0.102. The van der Waals surface area contributed by atoms with Crippen molar-refractivity contribution < 1.29 is 27.2 Å². The number of ether oxygens (including phenoxy) is 2. The number of nitrogens with one attached hydrogen (secondary N) is 1. The first-order valence-corrected chi connectivity index (χ1v) is 9.49. The third-order valence-corrected chi connectivity index (χ3v) is 4.45. The molecule has 2 N–H and O–H groups in total. The van der Waals surface area contributed by atoms with Crippen molar-refractivity contribution in [2.24, 2.45) is 0 Å². The average Bonchev–Trinajstić information content (AvgIpc) is 2.62. The molecule has 0 atom stereocenters. The van der Waals surface area contributed by atoms with Crippen LogP contribution in [0.25, 0.3) is 0 Å². The Morgan fingerprint density at radius 3 is 2.42 bits per heavy atom. The molecule has 0 saturated heterocycles. The van der Waals surface area contributed by atoms with Crippen LogP contribution in [0.5, 0.6) is 11.5 Å². The van der Waals surface area contributed by atoms with Gasteiger partial charge in [0, 0.05) is 11.6 Å². The molecule has 26 heavy (non-hydrogen) atoms. The Bertz CT molecular complexity index is 862. The standard InChI is InChI=1S/C18H21NO6S/c1-3-4-11-25-14-7-5-13(6-8-14)18(20)19-16-10-9-15(26(21,22)23)12-17(16)24-2/h5-10,12H,3-4,11H2,1-2H3,(H,19,20)(H,21,22,23). The molecule has 8 heteroatoms. The second-order valence-electron chi connectivity index (χ2n) is 5.52. The number of hydrogen-bond donors (Lipinski definition) is 2. The first-order valence-electron chi connectivity index (χ1n) is 8.05. The second-order valence-corrected chi connectivity index (χ2v) is 6.94. The predicted octanol–water partition coefficient (Wildman–Crippen LogP) is 3.37. The Morgan fingerprint density at radius 2 is 1.85 bits per heavy atom. The Labute approximate surface area is 152 Å². The fourth-order valence-electron chi connectivity index (χ4n) is 2.17. The summed E-state index contributed by atoms with van der Waals surface area (Å²) >= 11 is 0. The molecular weight excluding hydrogens is 358 g/mol. The van der Waals surface area contributed by atoms with E-state index >= 15 is 0 Å². The molecule has 0 aliphatic heterocycles. The van der Waals surface area contributed by atoms with E-state index in [0.29, 0.717) is 17.9 Å². The highest BCUT2D eigenvalue weighted by Crippen LogP contribution is 2.28. The molecule has 0 spiro atoms. The molecule has 2 aromatic rings. The van der Waals surface area contributed by atoms with Crippen molar-refractivity contribution in [3.05, 3.63) is 48.0 Å². The fraction of sp³-hybridized carbons (Fsp3) is 0.278. The van der Waals surface area contributed by atoms with Crippen LogP contribution in [-0.2, 0) is 10.1 Å².